The molecule has 0 bridgehead atoms. The van der Waals surface area contributed by atoms with E-state index in [0.717, 1.165) is 25.7 Å². The number of carbonyl (C=O) groups excluding carboxylic acids is 1. The Morgan fingerprint density at radius 3 is 2.55 bits per heavy atom. The van der Waals surface area contributed by atoms with Crippen molar-refractivity contribution in [3.05, 3.63) is 23.8 Å². The smallest absolute Gasteiger partial charge is 0.255 e. The van der Waals surface area contributed by atoms with Gasteiger partial charge in [0.05, 0.1) is 19.8 Å². The van der Waals surface area contributed by atoms with Crippen molar-refractivity contribution in [3.63, 3.8) is 0 Å². The Balaban J connectivity index is 2.51. The molecule has 0 saturated heterocycles. The Morgan fingerprint density at radius 1 is 1.15 bits per heavy atom. The standard InChI is InChI=1S/C15H23NO4/c1-19-13-9-7-8-12(14(13)20-2)15(18)16-10-5-3-4-6-11-17/h7-9,17H,3-6,10-11H2,1-2H3,(H,16,18). The Morgan fingerprint density at radius 2 is 1.90 bits per heavy atom. The first kappa shape index (κ1) is 16.3. The van der Waals surface area contributed by atoms with Crippen LogP contribution in [0.4, 0.5) is 0 Å². The van der Waals surface area contributed by atoms with Gasteiger partial charge in [-0.15, -0.1) is 0 Å². The summed E-state index contributed by atoms with van der Waals surface area (Å²) in [5.41, 5.74) is 0.474. The number of aliphatic hydroxyl groups excluding tert-OH is 1. The Bertz CT molecular complexity index is 420. The second kappa shape index (κ2) is 9.20. The van der Waals surface area contributed by atoms with Gasteiger partial charge in [0.25, 0.3) is 5.91 Å². The molecule has 112 valence electrons. The molecule has 2 N–H and O–H groups in total. The monoisotopic (exact) mass is 281 g/mol. The van der Waals surface area contributed by atoms with Crippen LogP contribution in [0.15, 0.2) is 18.2 Å². The number of hydrogen-bond donors (Lipinski definition) is 2. The molecular weight excluding hydrogens is 258 g/mol. The lowest BCUT2D eigenvalue weighted by molar-refractivity contribution is 0.0949. The van der Waals surface area contributed by atoms with E-state index in [1.165, 1.54) is 7.11 Å². The Hall–Kier alpha value is -1.75. The molecule has 0 aromatic heterocycles. The SMILES string of the molecule is COc1cccc(C(=O)NCCCCCCO)c1OC. The van der Waals surface area contributed by atoms with Crippen molar-refractivity contribution in [2.45, 2.75) is 25.7 Å². The van der Waals surface area contributed by atoms with Gasteiger partial charge in [-0.2, -0.15) is 0 Å². The second-order valence-electron chi connectivity index (χ2n) is 4.43. The average molecular weight is 281 g/mol. The molecule has 5 heteroatoms. The number of unbranched alkanes of at least 4 members (excludes halogenated alkanes) is 3. The first-order valence-electron chi connectivity index (χ1n) is 6.84. The molecule has 0 atom stereocenters. The van der Waals surface area contributed by atoms with Crippen molar-refractivity contribution >= 4 is 5.91 Å². The molecule has 0 unspecified atom stereocenters. The lowest BCUT2D eigenvalue weighted by Crippen LogP contribution is -2.25. The normalized spacial score (nSPS) is 10.2. The molecule has 0 radical (unpaired) electrons. The van der Waals surface area contributed by atoms with Gasteiger partial charge in [0, 0.05) is 13.2 Å². The van der Waals surface area contributed by atoms with Crippen molar-refractivity contribution in [1.29, 1.82) is 0 Å². The van der Waals surface area contributed by atoms with Crippen LogP contribution in [0.25, 0.3) is 0 Å². The van der Waals surface area contributed by atoms with E-state index in [1.807, 2.05) is 0 Å². The van der Waals surface area contributed by atoms with Gasteiger partial charge in [0.1, 0.15) is 0 Å². The summed E-state index contributed by atoms with van der Waals surface area (Å²) >= 11 is 0. The number of para-hydroxylation sites is 1. The van der Waals surface area contributed by atoms with E-state index < -0.39 is 0 Å². The third-order valence-corrected chi connectivity index (χ3v) is 3.02. The van der Waals surface area contributed by atoms with Crippen LogP contribution in [0.1, 0.15) is 36.0 Å². The molecule has 1 aromatic rings. The van der Waals surface area contributed by atoms with Gasteiger partial charge in [-0.25, -0.2) is 0 Å². The first-order chi connectivity index (χ1) is 9.74. The van der Waals surface area contributed by atoms with Crippen molar-refractivity contribution in [2.75, 3.05) is 27.4 Å². The number of amides is 1. The molecule has 1 aromatic carbocycles. The molecule has 1 amide bonds. The van der Waals surface area contributed by atoms with Crippen LogP contribution >= 0.6 is 0 Å². The van der Waals surface area contributed by atoms with Crippen molar-refractivity contribution in [1.82, 2.24) is 5.32 Å². The predicted molar refractivity (Wildman–Crippen MR) is 77.4 cm³/mol. The summed E-state index contributed by atoms with van der Waals surface area (Å²) in [5.74, 6) is 0.832. The quantitative estimate of drug-likeness (QED) is 0.679. The molecule has 0 aliphatic carbocycles. The largest absolute Gasteiger partial charge is 0.493 e. The zero-order chi connectivity index (χ0) is 14.8. The summed E-state index contributed by atoms with van der Waals surface area (Å²) < 4.78 is 10.4. The lowest BCUT2D eigenvalue weighted by atomic mass is 10.1. The second-order valence-corrected chi connectivity index (χ2v) is 4.43. The summed E-state index contributed by atoms with van der Waals surface area (Å²) in [6.07, 6.45) is 3.70. The highest BCUT2D eigenvalue weighted by Gasteiger charge is 2.15. The number of ether oxygens (including phenoxy) is 2. The van der Waals surface area contributed by atoms with Crippen LogP contribution in [0.2, 0.25) is 0 Å². The Labute approximate surface area is 119 Å². The fourth-order valence-corrected chi connectivity index (χ4v) is 1.95. The van der Waals surface area contributed by atoms with Gasteiger partial charge >= 0.3 is 0 Å². The summed E-state index contributed by atoms with van der Waals surface area (Å²) in [5, 5.41) is 11.5. The molecule has 0 fully saturated rings. The first-order valence-corrected chi connectivity index (χ1v) is 6.84. The van der Waals surface area contributed by atoms with E-state index in [9.17, 15) is 4.79 Å². The maximum atomic E-state index is 12.1. The zero-order valence-corrected chi connectivity index (χ0v) is 12.1. The topological polar surface area (TPSA) is 67.8 Å². The van der Waals surface area contributed by atoms with E-state index in [1.54, 1.807) is 25.3 Å². The van der Waals surface area contributed by atoms with Gasteiger partial charge in [-0.05, 0) is 25.0 Å². The Kier molecular flexibility index (Phi) is 7.50. The van der Waals surface area contributed by atoms with E-state index in [4.69, 9.17) is 14.6 Å². The molecular formula is C15H23NO4. The summed E-state index contributed by atoms with van der Waals surface area (Å²) in [6.45, 7) is 0.845. The zero-order valence-electron chi connectivity index (χ0n) is 12.1. The molecule has 5 nitrogen and oxygen atoms in total. The number of hydrogen-bond acceptors (Lipinski definition) is 4. The average Bonchev–Trinajstić information content (AvgIpc) is 2.49. The minimum absolute atomic E-state index is 0.164. The summed E-state index contributed by atoms with van der Waals surface area (Å²) in [4.78, 5) is 12.1. The van der Waals surface area contributed by atoms with Crippen LogP contribution < -0.4 is 14.8 Å². The number of nitrogens with one attached hydrogen (secondary N) is 1. The van der Waals surface area contributed by atoms with E-state index in [-0.39, 0.29) is 12.5 Å². The van der Waals surface area contributed by atoms with Crippen LogP contribution in [0, 0.1) is 0 Å². The molecule has 20 heavy (non-hydrogen) atoms. The maximum absolute atomic E-state index is 12.1. The highest BCUT2D eigenvalue weighted by Crippen LogP contribution is 2.30. The number of aliphatic hydroxyl groups is 1. The van der Waals surface area contributed by atoms with Gasteiger partial charge in [0.15, 0.2) is 11.5 Å². The molecule has 0 heterocycles. The van der Waals surface area contributed by atoms with Crippen molar-refractivity contribution < 1.29 is 19.4 Å². The number of methoxy groups -OCH3 is 2. The fraction of sp³-hybridized carbons (Fsp3) is 0.533. The highest BCUT2D eigenvalue weighted by atomic mass is 16.5. The van der Waals surface area contributed by atoms with Gasteiger partial charge < -0.3 is 19.9 Å². The van der Waals surface area contributed by atoms with Crippen LogP contribution in [0.5, 0.6) is 11.5 Å². The van der Waals surface area contributed by atoms with Crippen LogP contribution in [-0.2, 0) is 0 Å². The summed E-state index contributed by atoms with van der Waals surface area (Å²) in [6, 6.07) is 5.23. The molecule has 1 rings (SSSR count). The fourth-order valence-electron chi connectivity index (χ4n) is 1.95. The highest BCUT2D eigenvalue weighted by molar-refractivity contribution is 5.97. The third kappa shape index (κ3) is 4.74. The summed E-state index contributed by atoms with van der Waals surface area (Å²) in [7, 11) is 3.06. The lowest BCUT2D eigenvalue weighted by Gasteiger charge is -2.12. The molecule has 0 aliphatic heterocycles. The number of benzene rings is 1. The molecule has 0 aliphatic rings. The molecule has 0 saturated carbocycles. The van der Waals surface area contributed by atoms with E-state index in [0.29, 0.717) is 23.6 Å². The van der Waals surface area contributed by atoms with Crippen LogP contribution in [-0.4, -0.2) is 38.4 Å². The van der Waals surface area contributed by atoms with Gasteiger partial charge in [-0.1, -0.05) is 18.9 Å². The third-order valence-electron chi connectivity index (χ3n) is 3.02. The maximum Gasteiger partial charge on any atom is 0.255 e. The van der Waals surface area contributed by atoms with Gasteiger partial charge in [-0.3, -0.25) is 4.79 Å². The van der Waals surface area contributed by atoms with Crippen LogP contribution in [0.3, 0.4) is 0 Å². The van der Waals surface area contributed by atoms with Gasteiger partial charge in [0.2, 0.25) is 0 Å². The van der Waals surface area contributed by atoms with E-state index in [2.05, 4.69) is 5.32 Å². The minimum atomic E-state index is -0.164. The number of rotatable bonds is 9. The minimum Gasteiger partial charge on any atom is -0.493 e. The van der Waals surface area contributed by atoms with Crippen molar-refractivity contribution in [2.24, 2.45) is 0 Å². The molecule has 0 spiro atoms. The predicted octanol–water partition coefficient (Wildman–Crippen LogP) is 1.99. The number of carbonyl (C=O) groups is 1. The van der Waals surface area contributed by atoms with Crippen molar-refractivity contribution in [3.8, 4) is 11.5 Å². The van der Waals surface area contributed by atoms with E-state index >= 15 is 0 Å².